The summed E-state index contributed by atoms with van der Waals surface area (Å²) in [6, 6.07) is 16.8. The number of hydrogen-bond donors (Lipinski definition) is 1. The van der Waals surface area contributed by atoms with Crippen LogP contribution in [0.5, 0.6) is 0 Å². The van der Waals surface area contributed by atoms with Crippen LogP contribution >= 0.6 is 0 Å². The molecule has 4 nitrogen and oxygen atoms in total. The second-order valence-corrected chi connectivity index (χ2v) is 4.67. The van der Waals surface area contributed by atoms with Crippen molar-refractivity contribution in [3.63, 3.8) is 0 Å². The molecule has 0 saturated carbocycles. The molecule has 0 fully saturated rings. The summed E-state index contributed by atoms with van der Waals surface area (Å²) < 4.78 is 0. The Hall–Kier alpha value is -2.66. The Morgan fingerprint density at radius 1 is 1.10 bits per heavy atom. The lowest BCUT2D eigenvalue weighted by atomic mass is 9.70. The van der Waals surface area contributed by atoms with E-state index < -0.39 is 7.05 Å². The molecule has 0 aliphatic carbocycles. The number of hydrogen-bond acceptors (Lipinski definition) is 3. The number of fused-ring (bicyclic) bond motifs is 1. The van der Waals surface area contributed by atoms with Crippen LogP contribution in [0.4, 0.5) is 0 Å². The summed E-state index contributed by atoms with van der Waals surface area (Å²) in [4.78, 5) is 13.2. The first-order valence-electron chi connectivity index (χ1n) is 6.63. The van der Waals surface area contributed by atoms with Gasteiger partial charge in [-0.25, -0.2) is 4.92 Å². The van der Waals surface area contributed by atoms with E-state index in [1.165, 1.54) is 6.08 Å². The van der Waals surface area contributed by atoms with Gasteiger partial charge >= 0.3 is 7.05 Å². The Bertz CT molecular complexity index is 713. The molecule has 102 valence electrons. The van der Waals surface area contributed by atoms with Crippen molar-refractivity contribution in [3.05, 3.63) is 71.8 Å². The van der Waals surface area contributed by atoms with Crippen LogP contribution in [-0.2, 0) is 4.79 Å². The number of amides is 1. The number of carbonyl (C=O) groups excluding carboxylic acids is 1. The fraction of sp³-hybridized carbons (Fsp3) is 0. The topological polar surface area (TPSA) is 52.9 Å². The molecule has 1 amide bonds. The number of rotatable bonds is 2. The molecule has 0 saturated heterocycles. The first kappa shape index (κ1) is 13.3. The minimum atomic E-state index is -1.06. The van der Waals surface area contributed by atoms with Gasteiger partial charge in [0.15, 0.2) is 0 Å². The fourth-order valence-corrected chi connectivity index (χ4v) is 2.17. The van der Waals surface area contributed by atoms with Crippen LogP contribution in [0, 0.1) is 0 Å². The van der Waals surface area contributed by atoms with Crippen molar-refractivity contribution in [1.82, 2.24) is 4.92 Å². The Kier molecular flexibility index (Phi) is 3.66. The molecule has 21 heavy (non-hydrogen) atoms. The largest absolute Gasteiger partial charge is 0.474 e. The second-order valence-electron chi connectivity index (χ2n) is 4.67. The highest BCUT2D eigenvalue weighted by Crippen LogP contribution is 2.08. The molecule has 2 aromatic rings. The molecule has 0 aromatic heterocycles. The monoisotopic (exact) mass is 276 g/mol. The molecule has 0 unspecified atom stereocenters. The first-order valence-corrected chi connectivity index (χ1v) is 6.63. The van der Waals surface area contributed by atoms with Crippen molar-refractivity contribution in [2.24, 2.45) is 5.10 Å². The highest BCUT2D eigenvalue weighted by Gasteiger charge is 2.31. The molecule has 0 atom stereocenters. The van der Waals surface area contributed by atoms with E-state index in [9.17, 15) is 9.82 Å². The van der Waals surface area contributed by atoms with Crippen LogP contribution in [0.15, 0.2) is 65.8 Å². The average Bonchev–Trinajstić information content (AvgIpc) is 2.54. The zero-order valence-electron chi connectivity index (χ0n) is 11.3. The maximum atomic E-state index is 12.2. The minimum absolute atomic E-state index is 0.364. The predicted octanol–water partition coefficient (Wildman–Crippen LogP) is 1.26. The number of nitrogens with zero attached hydrogens (tertiary/aromatic N) is 2. The standard InChI is InChI=1S/C16H13BN2O2/c20-16(11-10-13-6-2-1-3-7-13)19-17(21)15-9-5-4-8-14(15)12-18-19/h1-12,21H/b11-10+. The summed E-state index contributed by atoms with van der Waals surface area (Å²) in [6.45, 7) is 0. The molecule has 0 bridgehead atoms. The van der Waals surface area contributed by atoms with Crippen LogP contribution in [-0.4, -0.2) is 29.1 Å². The quantitative estimate of drug-likeness (QED) is 0.663. The van der Waals surface area contributed by atoms with Crippen molar-refractivity contribution in [2.45, 2.75) is 0 Å². The van der Waals surface area contributed by atoms with Crippen molar-refractivity contribution in [2.75, 3.05) is 0 Å². The van der Waals surface area contributed by atoms with E-state index in [1.54, 1.807) is 18.4 Å². The van der Waals surface area contributed by atoms with Gasteiger partial charge in [-0.2, -0.15) is 5.10 Å². The zero-order valence-corrected chi connectivity index (χ0v) is 11.3. The zero-order chi connectivity index (χ0) is 14.7. The Labute approximate surface area is 123 Å². The van der Waals surface area contributed by atoms with Crippen molar-refractivity contribution in [1.29, 1.82) is 0 Å². The molecule has 1 aliphatic rings. The lowest BCUT2D eigenvalue weighted by molar-refractivity contribution is -0.122. The van der Waals surface area contributed by atoms with Crippen molar-refractivity contribution >= 4 is 30.7 Å². The highest BCUT2D eigenvalue weighted by molar-refractivity contribution is 6.67. The van der Waals surface area contributed by atoms with Crippen LogP contribution in [0.25, 0.3) is 6.08 Å². The summed E-state index contributed by atoms with van der Waals surface area (Å²) in [5, 5.41) is 14.3. The number of hydrazone groups is 1. The van der Waals surface area contributed by atoms with Crippen LogP contribution in [0.3, 0.4) is 0 Å². The van der Waals surface area contributed by atoms with Gasteiger partial charge in [-0.1, -0.05) is 54.6 Å². The first-order chi connectivity index (χ1) is 10.3. The molecule has 1 heterocycles. The molecule has 2 aromatic carbocycles. The summed E-state index contributed by atoms with van der Waals surface area (Å²) in [7, 11) is -1.06. The second kappa shape index (κ2) is 5.77. The van der Waals surface area contributed by atoms with E-state index in [0.29, 0.717) is 5.46 Å². The Morgan fingerprint density at radius 3 is 2.62 bits per heavy atom. The average molecular weight is 276 g/mol. The normalized spacial score (nSPS) is 13.6. The van der Waals surface area contributed by atoms with Gasteiger partial charge in [0, 0.05) is 6.08 Å². The van der Waals surface area contributed by atoms with E-state index >= 15 is 0 Å². The SMILES string of the molecule is O=C(/C=C/c1ccccc1)N1N=Cc2ccccc2B1O. The van der Waals surface area contributed by atoms with Crippen LogP contribution in [0.1, 0.15) is 11.1 Å². The van der Waals surface area contributed by atoms with Gasteiger partial charge in [0.1, 0.15) is 0 Å². The molecule has 5 heteroatoms. The van der Waals surface area contributed by atoms with Gasteiger partial charge < -0.3 is 5.02 Å². The smallest absolute Gasteiger partial charge is 0.427 e. The van der Waals surface area contributed by atoms with Crippen molar-refractivity contribution < 1.29 is 9.82 Å². The lowest BCUT2D eigenvalue weighted by Crippen LogP contribution is -2.51. The molecule has 1 aliphatic heterocycles. The number of benzene rings is 2. The van der Waals surface area contributed by atoms with E-state index in [2.05, 4.69) is 5.10 Å². The Morgan fingerprint density at radius 2 is 1.81 bits per heavy atom. The molecular formula is C16H13BN2O2. The van der Waals surface area contributed by atoms with E-state index in [0.717, 1.165) is 16.0 Å². The third-order valence-electron chi connectivity index (χ3n) is 3.27. The third-order valence-corrected chi connectivity index (χ3v) is 3.27. The van der Waals surface area contributed by atoms with Gasteiger partial charge in [0.2, 0.25) is 0 Å². The maximum absolute atomic E-state index is 12.2. The van der Waals surface area contributed by atoms with Gasteiger partial charge in [-0.3, -0.25) is 4.79 Å². The maximum Gasteiger partial charge on any atom is 0.474 e. The predicted molar refractivity (Wildman–Crippen MR) is 84.0 cm³/mol. The van der Waals surface area contributed by atoms with E-state index in [-0.39, 0.29) is 5.91 Å². The lowest BCUT2D eigenvalue weighted by Gasteiger charge is -2.23. The van der Waals surface area contributed by atoms with E-state index in [4.69, 9.17) is 0 Å². The van der Waals surface area contributed by atoms with Crippen molar-refractivity contribution in [3.8, 4) is 0 Å². The van der Waals surface area contributed by atoms with E-state index in [1.807, 2.05) is 48.5 Å². The fourth-order valence-electron chi connectivity index (χ4n) is 2.17. The summed E-state index contributed by atoms with van der Waals surface area (Å²) in [6.07, 6.45) is 4.69. The van der Waals surface area contributed by atoms with Gasteiger partial charge in [0.25, 0.3) is 5.91 Å². The Balaban J connectivity index is 1.79. The third kappa shape index (κ3) is 2.78. The number of carbonyl (C=O) groups is 1. The van der Waals surface area contributed by atoms with Crippen LogP contribution in [0.2, 0.25) is 0 Å². The molecular weight excluding hydrogens is 263 g/mol. The van der Waals surface area contributed by atoms with Gasteiger partial charge in [-0.15, -0.1) is 0 Å². The molecule has 3 rings (SSSR count). The van der Waals surface area contributed by atoms with Gasteiger partial charge in [-0.05, 0) is 22.7 Å². The molecule has 0 spiro atoms. The molecule has 0 radical (unpaired) electrons. The molecule has 1 N–H and O–H groups in total. The highest BCUT2D eigenvalue weighted by atomic mass is 16.2. The minimum Gasteiger partial charge on any atom is -0.427 e. The van der Waals surface area contributed by atoms with Crippen LogP contribution < -0.4 is 5.46 Å². The summed E-state index contributed by atoms with van der Waals surface area (Å²) in [5.74, 6) is -0.364. The summed E-state index contributed by atoms with van der Waals surface area (Å²) in [5.41, 5.74) is 2.41. The van der Waals surface area contributed by atoms with Gasteiger partial charge in [0.05, 0.1) is 6.21 Å². The summed E-state index contributed by atoms with van der Waals surface area (Å²) >= 11 is 0.